The van der Waals surface area contributed by atoms with Gasteiger partial charge in [0.25, 0.3) is 0 Å². The minimum absolute atomic E-state index is 0.366. The zero-order valence-corrected chi connectivity index (χ0v) is 12.5. The predicted molar refractivity (Wildman–Crippen MR) is 82.6 cm³/mol. The van der Waals surface area contributed by atoms with Crippen LogP contribution in [0.2, 0.25) is 10.3 Å². The van der Waals surface area contributed by atoms with Crippen LogP contribution in [0.25, 0.3) is 10.9 Å². The first kappa shape index (κ1) is 15.7. The molecule has 0 aliphatic rings. The third-order valence-corrected chi connectivity index (χ3v) is 3.09. The lowest BCUT2D eigenvalue weighted by atomic mass is 9.80. The number of nitrogens with zero attached hydrogens (tertiary/aromatic N) is 4. The van der Waals surface area contributed by atoms with Crippen molar-refractivity contribution in [2.75, 3.05) is 0 Å². The number of aryl methyl sites for hydroxylation is 1. The molecule has 0 aliphatic carbocycles. The number of hydrogen-bond donors (Lipinski definition) is 2. The molecule has 3 aromatic rings. The van der Waals surface area contributed by atoms with E-state index in [0.29, 0.717) is 15.8 Å². The van der Waals surface area contributed by atoms with Crippen LogP contribution in [0.5, 0.6) is 0 Å². The van der Waals surface area contributed by atoms with E-state index < -0.39 is 7.12 Å². The van der Waals surface area contributed by atoms with E-state index in [1.807, 2.05) is 13.1 Å². The summed E-state index contributed by atoms with van der Waals surface area (Å²) in [5, 5.41) is 23.6. The number of halogens is 2. The fourth-order valence-electron chi connectivity index (χ4n) is 1.63. The monoisotopic (exact) mass is 324 g/mol. The Labute approximate surface area is 131 Å². The summed E-state index contributed by atoms with van der Waals surface area (Å²) in [5.74, 6) is 0. The van der Waals surface area contributed by atoms with Gasteiger partial charge in [-0.2, -0.15) is 5.10 Å². The number of aromatic nitrogens is 4. The molecule has 2 N–H and O–H groups in total. The maximum absolute atomic E-state index is 8.94. The van der Waals surface area contributed by atoms with Gasteiger partial charge in [-0.3, -0.25) is 4.68 Å². The van der Waals surface area contributed by atoms with Crippen LogP contribution in [-0.2, 0) is 7.05 Å². The van der Waals surface area contributed by atoms with Crippen LogP contribution < -0.4 is 5.46 Å². The summed E-state index contributed by atoms with van der Waals surface area (Å²) in [6.07, 6.45) is 3.05. The Morgan fingerprint density at radius 2 is 1.76 bits per heavy atom. The van der Waals surface area contributed by atoms with Gasteiger partial charge < -0.3 is 10.0 Å². The zero-order chi connectivity index (χ0) is 15.4. The Balaban J connectivity index is 0.000000173. The van der Waals surface area contributed by atoms with E-state index >= 15 is 0 Å². The Morgan fingerprint density at radius 3 is 2.29 bits per heavy atom. The van der Waals surface area contributed by atoms with Crippen molar-refractivity contribution < 1.29 is 10.0 Å². The molecular weight excluding hydrogens is 314 g/mol. The van der Waals surface area contributed by atoms with Crippen LogP contribution >= 0.6 is 23.2 Å². The van der Waals surface area contributed by atoms with Gasteiger partial charge in [0.05, 0.1) is 11.7 Å². The Hall–Kier alpha value is -1.67. The molecule has 2 aromatic heterocycles. The average molecular weight is 325 g/mol. The predicted octanol–water partition coefficient (Wildman–Crippen LogP) is 1.04. The van der Waals surface area contributed by atoms with E-state index in [2.05, 4.69) is 15.1 Å². The highest BCUT2D eigenvalue weighted by molar-refractivity contribution is 6.58. The molecular formula is C12H11BCl2N4O2. The second-order valence-electron chi connectivity index (χ2n) is 4.12. The van der Waals surface area contributed by atoms with E-state index in [1.54, 1.807) is 23.0 Å². The van der Waals surface area contributed by atoms with Gasteiger partial charge in [-0.1, -0.05) is 35.3 Å². The van der Waals surface area contributed by atoms with Gasteiger partial charge in [-0.15, -0.1) is 0 Å². The lowest BCUT2D eigenvalue weighted by Gasteiger charge is -1.99. The summed E-state index contributed by atoms with van der Waals surface area (Å²) in [4.78, 5) is 7.22. The fraction of sp³-hybridized carbons (Fsp3) is 0.0833. The molecule has 9 heteroatoms. The van der Waals surface area contributed by atoms with Crippen molar-refractivity contribution in [2.24, 2.45) is 7.05 Å². The topological polar surface area (TPSA) is 84.1 Å². The Kier molecular flexibility index (Phi) is 5.14. The third-order valence-electron chi connectivity index (χ3n) is 2.67. The molecule has 0 amide bonds. The summed E-state index contributed by atoms with van der Waals surface area (Å²) in [5.41, 5.74) is 1.38. The molecule has 0 unspecified atom stereocenters. The molecule has 3 rings (SSSR count). The van der Waals surface area contributed by atoms with Crippen molar-refractivity contribution >= 4 is 46.7 Å². The fourth-order valence-corrected chi connectivity index (χ4v) is 1.98. The van der Waals surface area contributed by atoms with Crippen molar-refractivity contribution in [3.05, 3.63) is 47.1 Å². The normalized spacial score (nSPS) is 10.1. The van der Waals surface area contributed by atoms with Gasteiger partial charge in [0.1, 0.15) is 16.6 Å². The van der Waals surface area contributed by atoms with Crippen molar-refractivity contribution in [1.82, 2.24) is 19.7 Å². The van der Waals surface area contributed by atoms with Crippen molar-refractivity contribution in [3.63, 3.8) is 0 Å². The molecule has 0 fully saturated rings. The molecule has 21 heavy (non-hydrogen) atoms. The molecule has 2 heterocycles. The van der Waals surface area contributed by atoms with E-state index in [9.17, 15) is 0 Å². The molecule has 0 spiro atoms. The minimum atomic E-state index is -1.42. The van der Waals surface area contributed by atoms with Gasteiger partial charge in [0.15, 0.2) is 0 Å². The lowest BCUT2D eigenvalue weighted by molar-refractivity contribution is 0.426. The van der Waals surface area contributed by atoms with E-state index in [0.717, 1.165) is 10.9 Å². The van der Waals surface area contributed by atoms with Gasteiger partial charge in [-0.25, -0.2) is 9.97 Å². The summed E-state index contributed by atoms with van der Waals surface area (Å²) < 4.78 is 1.70. The molecule has 0 bridgehead atoms. The second-order valence-corrected chi connectivity index (χ2v) is 4.90. The molecule has 0 atom stereocenters. The summed E-state index contributed by atoms with van der Waals surface area (Å²) >= 11 is 10.8. The van der Waals surface area contributed by atoms with Crippen molar-refractivity contribution in [2.45, 2.75) is 0 Å². The van der Waals surface area contributed by atoms with E-state index in [1.165, 1.54) is 12.4 Å². The first-order valence-corrected chi connectivity index (χ1v) is 6.64. The zero-order valence-electron chi connectivity index (χ0n) is 11.0. The molecule has 0 saturated carbocycles. The molecule has 0 aliphatic heterocycles. The van der Waals surface area contributed by atoms with Gasteiger partial charge in [-0.05, 0) is 11.5 Å². The van der Waals surface area contributed by atoms with Gasteiger partial charge in [0.2, 0.25) is 0 Å². The third kappa shape index (κ3) is 4.15. The first-order valence-electron chi connectivity index (χ1n) is 5.88. The molecule has 1 aromatic carbocycles. The molecule has 0 saturated heterocycles. The quantitative estimate of drug-likeness (QED) is 0.516. The van der Waals surface area contributed by atoms with Crippen molar-refractivity contribution in [1.29, 1.82) is 0 Å². The highest BCUT2D eigenvalue weighted by atomic mass is 35.5. The average Bonchev–Trinajstić information content (AvgIpc) is 2.80. The molecule has 0 radical (unpaired) electrons. The number of rotatable bonds is 1. The summed E-state index contributed by atoms with van der Waals surface area (Å²) in [6.45, 7) is 0. The van der Waals surface area contributed by atoms with E-state index in [4.69, 9.17) is 33.2 Å². The van der Waals surface area contributed by atoms with Crippen LogP contribution in [-0.4, -0.2) is 36.9 Å². The maximum Gasteiger partial charge on any atom is 0.488 e. The number of hydrogen-bond acceptors (Lipinski definition) is 5. The number of benzene rings is 1. The standard InChI is InChI=1S/C8H9BN2O2.C4H2Cl2N2/c1-11-8-4-7(9(12)13)3-2-6(8)5-10-11;5-3-1-4(6)8-2-7-3/h2-5,12-13H,1H3;1-2H. The maximum atomic E-state index is 8.94. The molecule has 6 nitrogen and oxygen atoms in total. The molecule has 108 valence electrons. The number of fused-ring (bicyclic) bond motifs is 1. The highest BCUT2D eigenvalue weighted by Crippen LogP contribution is 2.09. The first-order chi connectivity index (χ1) is 9.97. The summed E-state index contributed by atoms with van der Waals surface area (Å²) in [6, 6.07) is 6.68. The van der Waals surface area contributed by atoms with Gasteiger partial charge in [0, 0.05) is 18.5 Å². The van der Waals surface area contributed by atoms with Crippen LogP contribution in [0.3, 0.4) is 0 Å². The van der Waals surface area contributed by atoms with Crippen LogP contribution in [0.4, 0.5) is 0 Å². The van der Waals surface area contributed by atoms with Crippen LogP contribution in [0.1, 0.15) is 0 Å². The Bertz CT molecular complexity index is 734. The Morgan fingerprint density at radius 1 is 1.10 bits per heavy atom. The second kappa shape index (κ2) is 6.86. The van der Waals surface area contributed by atoms with Crippen LogP contribution in [0.15, 0.2) is 36.8 Å². The summed E-state index contributed by atoms with van der Waals surface area (Å²) in [7, 11) is 0.398. The van der Waals surface area contributed by atoms with E-state index in [-0.39, 0.29) is 0 Å². The largest absolute Gasteiger partial charge is 0.488 e. The SMILES string of the molecule is Clc1cc(Cl)ncn1.Cn1ncc2ccc(B(O)O)cc21. The smallest absolute Gasteiger partial charge is 0.423 e. The highest BCUT2D eigenvalue weighted by Gasteiger charge is 2.11. The minimum Gasteiger partial charge on any atom is -0.423 e. The van der Waals surface area contributed by atoms with Crippen LogP contribution in [0, 0.1) is 0 Å². The van der Waals surface area contributed by atoms with Gasteiger partial charge >= 0.3 is 7.12 Å². The lowest BCUT2D eigenvalue weighted by Crippen LogP contribution is -2.29. The van der Waals surface area contributed by atoms with Crippen molar-refractivity contribution in [3.8, 4) is 0 Å².